The van der Waals surface area contributed by atoms with Crippen LogP contribution in [0.15, 0.2) is 47.5 Å². The highest BCUT2D eigenvalue weighted by Gasteiger charge is 2.24. The van der Waals surface area contributed by atoms with Gasteiger partial charge in [0.2, 0.25) is 0 Å². The quantitative estimate of drug-likeness (QED) is 0.622. The van der Waals surface area contributed by atoms with Gasteiger partial charge in [-0.1, -0.05) is 29.3 Å². The second-order valence-electron chi connectivity index (χ2n) is 5.78. The van der Waals surface area contributed by atoms with Crippen molar-refractivity contribution in [1.82, 2.24) is 10.3 Å². The molecule has 0 spiro atoms. The van der Waals surface area contributed by atoms with Crippen LogP contribution in [-0.4, -0.2) is 36.6 Å². The molecule has 2 N–H and O–H groups in total. The van der Waals surface area contributed by atoms with Crippen LogP contribution in [0.5, 0.6) is 5.75 Å². The number of rotatable bonds is 4. The Bertz CT molecular complexity index is 775. The molecule has 0 bridgehead atoms. The molecule has 136 valence electrons. The van der Waals surface area contributed by atoms with Gasteiger partial charge in [0.1, 0.15) is 17.0 Å². The molecule has 2 atom stereocenters. The van der Waals surface area contributed by atoms with E-state index in [1.165, 1.54) is 18.6 Å². The SMILES string of the molecule is CC(Oc1ccc(Cl)nc1)[C@H]1CCN1.Cc1ccc(S(=O)(=O)O)cc1. The third kappa shape index (κ3) is 6.28. The third-order valence-corrected chi connectivity index (χ3v) is 4.86. The summed E-state index contributed by atoms with van der Waals surface area (Å²) in [7, 11) is -4.02. The van der Waals surface area contributed by atoms with E-state index in [4.69, 9.17) is 20.9 Å². The van der Waals surface area contributed by atoms with E-state index in [-0.39, 0.29) is 11.0 Å². The maximum atomic E-state index is 10.5. The number of benzene rings is 1. The van der Waals surface area contributed by atoms with Crippen molar-refractivity contribution in [2.24, 2.45) is 0 Å². The lowest BCUT2D eigenvalue weighted by Gasteiger charge is -2.33. The Kier molecular flexibility index (Phi) is 6.78. The molecule has 8 heteroatoms. The Morgan fingerprint density at radius 2 is 1.92 bits per heavy atom. The van der Waals surface area contributed by atoms with Gasteiger partial charge in [-0.25, -0.2) is 4.98 Å². The number of nitrogens with zero attached hydrogens (tertiary/aromatic N) is 1. The third-order valence-electron chi connectivity index (χ3n) is 3.77. The molecule has 0 amide bonds. The van der Waals surface area contributed by atoms with E-state index in [9.17, 15) is 8.42 Å². The van der Waals surface area contributed by atoms with Crippen molar-refractivity contribution in [3.8, 4) is 5.75 Å². The highest BCUT2D eigenvalue weighted by atomic mass is 35.5. The van der Waals surface area contributed by atoms with Crippen LogP contribution in [0.1, 0.15) is 18.9 Å². The van der Waals surface area contributed by atoms with Crippen molar-refractivity contribution in [3.63, 3.8) is 0 Å². The fourth-order valence-electron chi connectivity index (χ4n) is 2.15. The molecule has 25 heavy (non-hydrogen) atoms. The van der Waals surface area contributed by atoms with E-state index in [2.05, 4.69) is 17.2 Å². The molecule has 1 fully saturated rings. The van der Waals surface area contributed by atoms with Gasteiger partial charge in [0.05, 0.1) is 11.1 Å². The number of ether oxygens (including phenoxy) is 1. The molecule has 1 unspecified atom stereocenters. The van der Waals surface area contributed by atoms with Gasteiger partial charge >= 0.3 is 0 Å². The lowest BCUT2D eigenvalue weighted by atomic mass is 10.0. The normalized spacial score (nSPS) is 17.7. The van der Waals surface area contributed by atoms with Crippen LogP contribution < -0.4 is 10.1 Å². The predicted octanol–water partition coefficient (Wildman–Crippen LogP) is 3.11. The van der Waals surface area contributed by atoms with Crippen LogP contribution in [0.2, 0.25) is 5.15 Å². The lowest BCUT2D eigenvalue weighted by molar-refractivity contribution is 0.133. The topological polar surface area (TPSA) is 88.5 Å². The molecule has 0 aliphatic carbocycles. The highest BCUT2D eigenvalue weighted by molar-refractivity contribution is 7.85. The molecule has 6 nitrogen and oxygen atoms in total. The van der Waals surface area contributed by atoms with Crippen LogP contribution in [0.25, 0.3) is 0 Å². The zero-order valence-corrected chi connectivity index (χ0v) is 15.6. The fraction of sp³-hybridized carbons (Fsp3) is 0.353. The number of aromatic nitrogens is 1. The Morgan fingerprint density at radius 3 is 2.36 bits per heavy atom. The van der Waals surface area contributed by atoms with Crippen LogP contribution in [-0.2, 0) is 10.1 Å². The minimum absolute atomic E-state index is 0.0666. The Morgan fingerprint density at radius 1 is 1.28 bits per heavy atom. The van der Waals surface area contributed by atoms with Crippen molar-refractivity contribution < 1.29 is 17.7 Å². The van der Waals surface area contributed by atoms with Gasteiger partial charge in [-0.15, -0.1) is 0 Å². The first-order valence-electron chi connectivity index (χ1n) is 7.81. The summed E-state index contributed by atoms with van der Waals surface area (Å²) in [5, 5.41) is 3.80. The molecular formula is C17H21ClN2O4S. The molecule has 1 aromatic carbocycles. The van der Waals surface area contributed by atoms with Crippen molar-refractivity contribution in [2.75, 3.05) is 6.54 Å². The molecule has 0 radical (unpaired) electrons. The van der Waals surface area contributed by atoms with Gasteiger partial charge in [0.25, 0.3) is 10.1 Å². The van der Waals surface area contributed by atoms with Crippen LogP contribution in [0.3, 0.4) is 0 Å². The predicted molar refractivity (Wildman–Crippen MR) is 96.7 cm³/mol. The maximum Gasteiger partial charge on any atom is 0.294 e. The van der Waals surface area contributed by atoms with E-state index in [0.717, 1.165) is 17.9 Å². The number of hydrogen-bond donors (Lipinski definition) is 2. The monoisotopic (exact) mass is 384 g/mol. The number of nitrogens with one attached hydrogen (secondary N) is 1. The minimum atomic E-state index is -4.02. The first kappa shape index (κ1) is 19.7. The number of pyridine rings is 1. The first-order valence-corrected chi connectivity index (χ1v) is 9.63. The van der Waals surface area contributed by atoms with Crippen molar-refractivity contribution in [1.29, 1.82) is 0 Å². The van der Waals surface area contributed by atoms with Gasteiger partial charge < -0.3 is 10.1 Å². The van der Waals surface area contributed by atoms with Gasteiger partial charge in [-0.05, 0) is 51.1 Å². The van der Waals surface area contributed by atoms with Gasteiger partial charge in [-0.3, -0.25) is 4.55 Å². The molecule has 2 aromatic rings. The summed E-state index contributed by atoms with van der Waals surface area (Å²) in [6.45, 7) is 5.00. The van der Waals surface area contributed by atoms with E-state index < -0.39 is 10.1 Å². The van der Waals surface area contributed by atoms with Crippen molar-refractivity contribution in [2.45, 2.75) is 37.3 Å². The first-order chi connectivity index (χ1) is 11.8. The summed E-state index contributed by atoms with van der Waals surface area (Å²) in [6, 6.07) is 10.0. The Hall–Kier alpha value is -1.67. The maximum absolute atomic E-state index is 10.5. The van der Waals surface area contributed by atoms with Gasteiger partial charge in [0.15, 0.2) is 0 Å². The summed E-state index contributed by atoms with van der Waals surface area (Å²) in [5.74, 6) is 0.774. The Balaban J connectivity index is 0.000000186. The second-order valence-corrected chi connectivity index (χ2v) is 7.59. The summed E-state index contributed by atoms with van der Waals surface area (Å²) >= 11 is 5.67. The molecule has 0 saturated carbocycles. The minimum Gasteiger partial charge on any atom is -0.487 e. The number of halogens is 1. The fourth-order valence-corrected chi connectivity index (χ4v) is 2.74. The van der Waals surface area contributed by atoms with E-state index >= 15 is 0 Å². The summed E-state index contributed by atoms with van der Waals surface area (Å²) in [6.07, 6.45) is 3.02. The summed E-state index contributed by atoms with van der Waals surface area (Å²) in [5.41, 5.74) is 0.956. The Labute approximate surface area is 152 Å². The molecule has 1 aliphatic rings. The average Bonchev–Trinajstić information content (AvgIpc) is 2.48. The zero-order valence-electron chi connectivity index (χ0n) is 14.0. The van der Waals surface area contributed by atoms with Crippen molar-refractivity contribution in [3.05, 3.63) is 53.3 Å². The van der Waals surface area contributed by atoms with E-state index in [1.54, 1.807) is 24.4 Å². The smallest absolute Gasteiger partial charge is 0.294 e. The van der Waals surface area contributed by atoms with E-state index in [0.29, 0.717) is 11.2 Å². The summed E-state index contributed by atoms with van der Waals surface area (Å²) in [4.78, 5) is 3.89. The van der Waals surface area contributed by atoms with Crippen LogP contribution >= 0.6 is 11.6 Å². The van der Waals surface area contributed by atoms with Gasteiger partial charge in [-0.2, -0.15) is 8.42 Å². The number of hydrogen-bond acceptors (Lipinski definition) is 5. The molecule has 1 saturated heterocycles. The molecule has 2 heterocycles. The van der Waals surface area contributed by atoms with E-state index in [1.807, 2.05) is 13.0 Å². The van der Waals surface area contributed by atoms with Crippen molar-refractivity contribution >= 4 is 21.7 Å². The molecular weight excluding hydrogens is 364 g/mol. The molecule has 1 aliphatic heterocycles. The molecule has 1 aromatic heterocycles. The second kappa shape index (κ2) is 8.62. The lowest BCUT2D eigenvalue weighted by Crippen LogP contribution is -2.51. The number of aryl methyl sites for hydroxylation is 1. The van der Waals surface area contributed by atoms with Crippen LogP contribution in [0, 0.1) is 6.92 Å². The standard InChI is InChI=1S/C10H13ClN2O.C7H8O3S/c1-7(9-4-5-12-9)14-8-2-3-10(11)13-6-8;1-6-2-4-7(5-3-6)11(8,9)10/h2-3,6-7,9,12H,4-5H2,1H3;2-5H,1H3,(H,8,9,10)/t7?,9-;/m1./s1. The van der Waals surface area contributed by atoms with Gasteiger partial charge in [0, 0.05) is 6.04 Å². The molecule has 3 rings (SSSR count). The highest BCUT2D eigenvalue weighted by Crippen LogP contribution is 2.17. The average molecular weight is 385 g/mol. The van der Waals surface area contributed by atoms with Crippen LogP contribution in [0.4, 0.5) is 0 Å². The summed E-state index contributed by atoms with van der Waals surface area (Å²) < 4.78 is 35.2. The largest absolute Gasteiger partial charge is 0.487 e. The zero-order chi connectivity index (χ0) is 18.4.